The fraction of sp³-hybridized carbons (Fsp3) is 0.444. The van der Waals surface area contributed by atoms with Crippen LogP contribution in [0.2, 0.25) is 0 Å². The summed E-state index contributed by atoms with van der Waals surface area (Å²) in [4.78, 5) is 19.1. The topological polar surface area (TPSA) is 38.1 Å². The van der Waals surface area contributed by atoms with E-state index in [1.54, 1.807) is 11.8 Å². The van der Waals surface area contributed by atoms with Crippen molar-refractivity contribution in [3.63, 3.8) is 0 Å². The normalized spacial score (nSPS) is 21.2. The van der Waals surface area contributed by atoms with E-state index in [9.17, 15) is 4.79 Å². The molecule has 4 rings (SSSR count). The molecule has 0 spiro atoms. The van der Waals surface area contributed by atoms with Gasteiger partial charge in [-0.05, 0) is 56.4 Å². The monoisotopic (exact) mass is 327 g/mol. The molecule has 2 aliphatic rings. The van der Waals surface area contributed by atoms with Crippen molar-refractivity contribution in [2.75, 3.05) is 6.54 Å². The molecule has 1 atom stereocenters. The number of hydrogen-bond donors (Lipinski definition) is 0. The van der Waals surface area contributed by atoms with Crippen LogP contribution >= 0.6 is 11.8 Å². The summed E-state index contributed by atoms with van der Waals surface area (Å²) < 4.78 is 2.09. The van der Waals surface area contributed by atoms with Gasteiger partial charge in [0, 0.05) is 30.7 Å². The Labute approximate surface area is 140 Å². The lowest BCUT2D eigenvalue weighted by Crippen LogP contribution is -2.30. The van der Waals surface area contributed by atoms with E-state index in [0.29, 0.717) is 11.9 Å². The van der Waals surface area contributed by atoms with Crippen LogP contribution in [-0.2, 0) is 4.79 Å². The Hall–Kier alpha value is -1.75. The largest absolute Gasteiger partial charge is 0.339 e. The Morgan fingerprint density at radius 2 is 1.87 bits per heavy atom. The minimum absolute atomic E-state index is 0.0163. The summed E-state index contributed by atoms with van der Waals surface area (Å²) in [5.74, 6) is 0.299. The predicted molar refractivity (Wildman–Crippen MR) is 92.0 cm³/mol. The quantitative estimate of drug-likeness (QED) is 0.864. The number of imidazole rings is 1. The maximum absolute atomic E-state index is 12.5. The first-order valence-electron chi connectivity index (χ1n) is 8.21. The second kappa shape index (κ2) is 5.71. The third kappa shape index (κ3) is 2.90. The third-order valence-electron chi connectivity index (χ3n) is 4.52. The fourth-order valence-corrected chi connectivity index (χ4v) is 4.44. The van der Waals surface area contributed by atoms with E-state index in [1.165, 1.54) is 24.0 Å². The molecule has 0 N–H and O–H groups in total. The number of amides is 1. The average Bonchev–Trinajstić information content (AvgIpc) is 3.12. The summed E-state index contributed by atoms with van der Waals surface area (Å²) >= 11 is 1.61. The molecule has 1 saturated heterocycles. The Morgan fingerprint density at radius 3 is 2.57 bits per heavy atom. The van der Waals surface area contributed by atoms with Gasteiger partial charge in [-0.1, -0.05) is 17.8 Å². The molecule has 2 heterocycles. The average molecular weight is 327 g/mol. The van der Waals surface area contributed by atoms with E-state index in [1.807, 2.05) is 12.4 Å². The molecule has 2 aromatic rings. The first-order chi connectivity index (χ1) is 11.1. The summed E-state index contributed by atoms with van der Waals surface area (Å²) in [6, 6.07) is 7.01. The lowest BCUT2D eigenvalue weighted by atomic mass is 10.1. The van der Waals surface area contributed by atoms with Crippen molar-refractivity contribution in [1.29, 1.82) is 0 Å². The number of hydrogen-bond acceptors (Lipinski definition) is 3. The van der Waals surface area contributed by atoms with Gasteiger partial charge in [0.2, 0.25) is 5.91 Å². The molecule has 0 unspecified atom stereocenters. The van der Waals surface area contributed by atoms with Gasteiger partial charge >= 0.3 is 0 Å². The van der Waals surface area contributed by atoms with Crippen molar-refractivity contribution >= 4 is 17.7 Å². The van der Waals surface area contributed by atoms with Crippen LogP contribution < -0.4 is 0 Å². The molecule has 1 saturated carbocycles. The van der Waals surface area contributed by atoms with Crippen molar-refractivity contribution in [2.45, 2.75) is 49.6 Å². The summed E-state index contributed by atoms with van der Waals surface area (Å²) in [7, 11) is 0. The zero-order chi connectivity index (χ0) is 16.0. The molecule has 4 nitrogen and oxygen atoms in total. The fourth-order valence-electron chi connectivity index (χ4n) is 3.32. The van der Waals surface area contributed by atoms with Crippen molar-refractivity contribution in [1.82, 2.24) is 14.5 Å². The summed E-state index contributed by atoms with van der Waals surface area (Å²) in [6.45, 7) is 5.12. The molecular weight excluding hydrogens is 306 g/mol. The Kier molecular flexibility index (Phi) is 3.68. The van der Waals surface area contributed by atoms with Crippen molar-refractivity contribution in [3.8, 4) is 5.69 Å². The number of thioether (sulfide) groups is 1. The van der Waals surface area contributed by atoms with Gasteiger partial charge in [-0.3, -0.25) is 9.36 Å². The number of benzene rings is 1. The number of aromatic nitrogens is 2. The Balaban J connectivity index is 1.57. The van der Waals surface area contributed by atoms with E-state index in [0.717, 1.165) is 23.8 Å². The number of aryl methyl sites for hydroxylation is 2. The molecule has 120 valence electrons. The zero-order valence-corrected chi connectivity index (χ0v) is 14.3. The molecule has 1 aromatic heterocycles. The van der Waals surface area contributed by atoms with Gasteiger partial charge in [-0.25, -0.2) is 4.98 Å². The highest BCUT2D eigenvalue weighted by Gasteiger charge is 2.41. The molecule has 2 fully saturated rings. The van der Waals surface area contributed by atoms with Crippen LogP contribution in [0.3, 0.4) is 0 Å². The second-order valence-electron chi connectivity index (χ2n) is 6.58. The number of carbonyl (C=O) groups is 1. The smallest absolute Gasteiger partial charge is 0.236 e. The summed E-state index contributed by atoms with van der Waals surface area (Å²) in [5, 5.41) is 0.925. The van der Waals surface area contributed by atoms with E-state index in [-0.39, 0.29) is 5.25 Å². The lowest BCUT2D eigenvalue weighted by molar-refractivity contribution is -0.127. The van der Waals surface area contributed by atoms with Crippen LogP contribution in [0.5, 0.6) is 0 Å². The molecule has 1 amide bonds. The number of rotatable bonds is 4. The van der Waals surface area contributed by atoms with Gasteiger partial charge in [0.1, 0.15) is 0 Å². The van der Waals surface area contributed by atoms with E-state index in [4.69, 9.17) is 0 Å². The van der Waals surface area contributed by atoms with Crippen molar-refractivity contribution in [3.05, 3.63) is 41.7 Å². The molecule has 1 aliphatic carbocycles. The van der Waals surface area contributed by atoms with Crippen LogP contribution in [0.25, 0.3) is 5.69 Å². The lowest BCUT2D eigenvalue weighted by Gasteiger charge is -2.15. The highest BCUT2D eigenvalue weighted by atomic mass is 32.2. The molecule has 0 radical (unpaired) electrons. The molecular formula is C18H21N3OS. The van der Waals surface area contributed by atoms with Gasteiger partial charge in [0.05, 0.1) is 5.25 Å². The summed E-state index contributed by atoms with van der Waals surface area (Å²) in [6.07, 6.45) is 7.09. The SMILES string of the molecule is Cc1cc(C)cc(-n2ccnc2S[C@H]2CCN(C3CC3)C2=O)c1. The number of likely N-dealkylation sites (tertiary alicyclic amines) is 1. The van der Waals surface area contributed by atoms with Gasteiger partial charge in [0.25, 0.3) is 0 Å². The molecule has 23 heavy (non-hydrogen) atoms. The Bertz CT molecular complexity index is 730. The van der Waals surface area contributed by atoms with Gasteiger partial charge in [-0.15, -0.1) is 0 Å². The van der Waals surface area contributed by atoms with Crippen LogP contribution in [-0.4, -0.2) is 38.2 Å². The van der Waals surface area contributed by atoms with E-state index >= 15 is 0 Å². The van der Waals surface area contributed by atoms with Crippen LogP contribution in [0.1, 0.15) is 30.4 Å². The molecule has 1 aromatic carbocycles. The van der Waals surface area contributed by atoms with Crippen molar-refractivity contribution in [2.24, 2.45) is 0 Å². The maximum Gasteiger partial charge on any atom is 0.236 e. The first kappa shape index (κ1) is 14.8. The number of carbonyl (C=O) groups excluding carboxylic acids is 1. The van der Waals surface area contributed by atoms with E-state index < -0.39 is 0 Å². The van der Waals surface area contributed by atoms with Crippen molar-refractivity contribution < 1.29 is 4.79 Å². The molecule has 5 heteroatoms. The highest BCUT2D eigenvalue weighted by Crippen LogP contribution is 2.36. The van der Waals surface area contributed by atoms with Crippen LogP contribution in [0.15, 0.2) is 35.7 Å². The molecule has 1 aliphatic heterocycles. The number of nitrogens with zero attached hydrogens (tertiary/aromatic N) is 3. The summed E-state index contributed by atoms with van der Waals surface area (Å²) in [5.41, 5.74) is 3.59. The third-order valence-corrected chi connectivity index (χ3v) is 5.75. The first-order valence-corrected chi connectivity index (χ1v) is 9.09. The van der Waals surface area contributed by atoms with Crippen LogP contribution in [0.4, 0.5) is 0 Å². The highest BCUT2D eigenvalue weighted by molar-refractivity contribution is 8.00. The maximum atomic E-state index is 12.5. The minimum Gasteiger partial charge on any atom is -0.339 e. The predicted octanol–water partition coefficient (Wildman–Crippen LogP) is 3.34. The van der Waals surface area contributed by atoms with Gasteiger partial charge in [-0.2, -0.15) is 0 Å². The molecule has 0 bridgehead atoms. The van der Waals surface area contributed by atoms with Crippen LogP contribution in [0, 0.1) is 13.8 Å². The van der Waals surface area contributed by atoms with E-state index in [2.05, 4.69) is 46.5 Å². The minimum atomic E-state index is 0.0163. The van der Waals surface area contributed by atoms with Gasteiger partial charge in [0.15, 0.2) is 5.16 Å². The zero-order valence-electron chi connectivity index (χ0n) is 13.5. The van der Waals surface area contributed by atoms with Gasteiger partial charge < -0.3 is 4.90 Å². The Morgan fingerprint density at radius 1 is 1.13 bits per heavy atom. The second-order valence-corrected chi connectivity index (χ2v) is 7.75. The standard InChI is InChI=1S/C18H21N3OS/c1-12-9-13(2)11-15(10-12)21-8-6-19-18(21)23-16-5-7-20(17(16)22)14-3-4-14/h6,8-11,14,16H,3-5,7H2,1-2H3/t16-/m0/s1.